The van der Waals surface area contributed by atoms with Crippen molar-refractivity contribution in [3.05, 3.63) is 29.8 Å². The molecule has 0 aliphatic carbocycles. The number of aliphatic hydroxyl groups excluding tert-OH is 2. The number of aliphatic hydroxyl groups is 2. The Bertz CT molecular complexity index is 312. The Kier molecular flexibility index (Phi) is 6.67. The van der Waals surface area contributed by atoms with Gasteiger partial charge < -0.3 is 14.9 Å². The molecule has 96 valence electrons. The van der Waals surface area contributed by atoms with Gasteiger partial charge in [0.2, 0.25) is 0 Å². The lowest BCUT2D eigenvalue weighted by Crippen LogP contribution is -2.07. The van der Waals surface area contributed by atoms with Gasteiger partial charge in [-0.1, -0.05) is 12.1 Å². The van der Waals surface area contributed by atoms with Crippen LogP contribution in [0, 0.1) is 0 Å². The van der Waals surface area contributed by atoms with E-state index in [1.165, 1.54) is 5.56 Å². The molecule has 17 heavy (non-hydrogen) atoms. The van der Waals surface area contributed by atoms with Gasteiger partial charge in [0, 0.05) is 6.61 Å². The molecule has 0 saturated carbocycles. The molecular weight excluding hydrogens is 216 g/mol. The van der Waals surface area contributed by atoms with E-state index in [2.05, 4.69) is 6.07 Å². The van der Waals surface area contributed by atoms with Gasteiger partial charge in [0.15, 0.2) is 0 Å². The molecular formula is C14H22O3. The summed E-state index contributed by atoms with van der Waals surface area (Å²) in [4.78, 5) is 0. The van der Waals surface area contributed by atoms with Gasteiger partial charge in [0.25, 0.3) is 0 Å². The van der Waals surface area contributed by atoms with Gasteiger partial charge >= 0.3 is 0 Å². The highest BCUT2D eigenvalue weighted by Crippen LogP contribution is 2.15. The van der Waals surface area contributed by atoms with Crippen molar-refractivity contribution in [1.29, 1.82) is 0 Å². The molecule has 0 radical (unpaired) electrons. The summed E-state index contributed by atoms with van der Waals surface area (Å²) < 4.78 is 5.16. The first kappa shape index (κ1) is 14.0. The van der Waals surface area contributed by atoms with Gasteiger partial charge in [-0.25, -0.2) is 0 Å². The fourth-order valence-corrected chi connectivity index (χ4v) is 1.84. The number of methoxy groups -OCH3 is 1. The summed E-state index contributed by atoms with van der Waals surface area (Å²) in [6.45, 7) is 0.160. The minimum Gasteiger partial charge on any atom is -0.497 e. The van der Waals surface area contributed by atoms with E-state index in [1.54, 1.807) is 7.11 Å². The zero-order valence-electron chi connectivity index (χ0n) is 10.4. The molecule has 0 amide bonds. The van der Waals surface area contributed by atoms with Crippen molar-refractivity contribution >= 4 is 0 Å². The van der Waals surface area contributed by atoms with Crippen LogP contribution in [0.1, 0.15) is 31.2 Å². The van der Waals surface area contributed by atoms with Crippen molar-refractivity contribution in [2.75, 3.05) is 13.7 Å². The van der Waals surface area contributed by atoms with E-state index >= 15 is 0 Å². The Hall–Kier alpha value is -1.06. The molecule has 1 aromatic rings. The average molecular weight is 238 g/mol. The molecule has 0 saturated heterocycles. The summed E-state index contributed by atoms with van der Waals surface area (Å²) in [5.41, 5.74) is 1.23. The molecule has 1 unspecified atom stereocenters. The summed E-state index contributed by atoms with van der Waals surface area (Å²) >= 11 is 0. The Morgan fingerprint density at radius 3 is 2.71 bits per heavy atom. The number of benzene rings is 1. The minimum absolute atomic E-state index is 0.160. The molecule has 3 nitrogen and oxygen atoms in total. The Morgan fingerprint density at radius 2 is 2.00 bits per heavy atom. The second kappa shape index (κ2) is 8.09. The normalized spacial score (nSPS) is 12.4. The zero-order chi connectivity index (χ0) is 12.5. The van der Waals surface area contributed by atoms with Crippen molar-refractivity contribution in [3.63, 3.8) is 0 Å². The Balaban J connectivity index is 2.25. The van der Waals surface area contributed by atoms with Gasteiger partial charge in [0.1, 0.15) is 5.75 Å². The molecule has 1 atom stereocenters. The van der Waals surface area contributed by atoms with Crippen LogP contribution < -0.4 is 4.74 Å². The molecule has 0 heterocycles. The predicted octanol–water partition coefficient (Wildman–Crippen LogP) is 2.15. The lowest BCUT2D eigenvalue weighted by atomic mass is 10.0. The SMILES string of the molecule is COc1cccc(CCCC(O)CCCO)c1. The van der Waals surface area contributed by atoms with Crippen LogP contribution in [0.3, 0.4) is 0 Å². The lowest BCUT2D eigenvalue weighted by molar-refractivity contribution is 0.139. The molecule has 0 fully saturated rings. The molecule has 1 aromatic carbocycles. The monoisotopic (exact) mass is 238 g/mol. The van der Waals surface area contributed by atoms with Gasteiger partial charge in [-0.05, 0) is 49.8 Å². The number of ether oxygens (including phenoxy) is 1. The van der Waals surface area contributed by atoms with E-state index in [1.807, 2.05) is 18.2 Å². The molecule has 1 rings (SSSR count). The van der Waals surface area contributed by atoms with Crippen LogP contribution in [-0.4, -0.2) is 30.0 Å². The molecule has 0 spiro atoms. The van der Waals surface area contributed by atoms with E-state index in [0.29, 0.717) is 12.8 Å². The van der Waals surface area contributed by atoms with Crippen LogP contribution in [0.4, 0.5) is 0 Å². The smallest absolute Gasteiger partial charge is 0.119 e. The number of hydrogen-bond acceptors (Lipinski definition) is 3. The molecule has 0 aromatic heterocycles. The topological polar surface area (TPSA) is 49.7 Å². The standard InChI is InChI=1S/C14H22O3/c1-17-14-9-3-6-12(11-14)5-2-7-13(16)8-4-10-15/h3,6,9,11,13,15-16H,2,4-5,7-8,10H2,1H3. The summed E-state index contributed by atoms with van der Waals surface area (Å²) in [6.07, 6.45) is 3.78. The third-order valence-electron chi connectivity index (χ3n) is 2.83. The van der Waals surface area contributed by atoms with Gasteiger partial charge in [-0.15, -0.1) is 0 Å². The first-order chi connectivity index (χ1) is 8.26. The van der Waals surface area contributed by atoms with Crippen molar-refractivity contribution in [2.45, 2.75) is 38.2 Å². The second-order valence-corrected chi connectivity index (χ2v) is 4.26. The van der Waals surface area contributed by atoms with E-state index in [-0.39, 0.29) is 12.7 Å². The zero-order valence-corrected chi connectivity index (χ0v) is 10.4. The highest BCUT2D eigenvalue weighted by Gasteiger charge is 2.04. The maximum Gasteiger partial charge on any atom is 0.119 e. The number of aryl methyl sites for hydroxylation is 1. The lowest BCUT2D eigenvalue weighted by Gasteiger charge is -2.09. The molecule has 2 N–H and O–H groups in total. The molecule has 0 aliphatic rings. The first-order valence-corrected chi connectivity index (χ1v) is 6.18. The van der Waals surface area contributed by atoms with Crippen molar-refractivity contribution in [3.8, 4) is 5.75 Å². The van der Waals surface area contributed by atoms with E-state index in [0.717, 1.165) is 25.0 Å². The summed E-state index contributed by atoms with van der Waals surface area (Å²) in [5, 5.41) is 18.3. The van der Waals surface area contributed by atoms with Crippen LogP contribution in [-0.2, 0) is 6.42 Å². The van der Waals surface area contributed by atoms with Crippen molar-refractivity contribution in [1.82, 2.24) is 0 Å². The number of rotatable bonds is 8. The average Bonchev–Trinajstić information content (AvgIpc) is 2.36. The first-order valence-electron chi connectivity index (χ1n) is 6.18. The highest BCUT2D eigenvalue weighted by molar-refractivity contribution is 5.28. The van der Waals surface area contributed by atoms with Crippen LogP contribution in [0.2, 0.25) is 0 Å². The largest absolute Gasteiger partial charge is 0.497 e. The van der Waals surface area contributed by atoms with Crippen molar-refractivity contribution < 1.29 is 14.9 Å². The van der Waals surface area contributed by atoms with Crippen LogP contribution in [0.25, 0.3) is 0 Å². The van der Waals surface area contributed by atoms with E-state index in [4.69, 9.17) is 9.84 Å². The highest BCUT2D eigenvalue weighted by atomic mass is 16.5. The third kappa shape index (κ3) is 5.71. The summed E-state index contributed by atoms with van der Waals surface area (Å²) in [7, 11) is 1.66. The van der Waals surface area contributed by atoms with Crippen LogP contribution >= 0.6 is 0 Å². The fraction of sp³-hybridized carbons (Fsp3) is 0.571. The van der Waals surface area contributed by atoms with E-state index < -0.39 is 0 Å². The molecule has 0 bridgehead atoms. The van der Waals surface area contributed by atoms with Gasteiger partial charge in [0.05, 0.1) is 13.2 Å². The van der Waals surface area contributed by atoms with Gasteiger partial charge in [-0.3, -0.25) is 0 Å². The van der Waals surface area contributed by atoms with Gasteiger partial charge in [-0.2, -0.15) is 0 Å². The van der Waals surface area contributed by atoms with Crippen LogP contribution in [0.5, 0.6) is 5.75 Å². The maximum absolute atomic E-state index is 9.62. The predicted molar refractivity (Wildman–Crippen MR) is 68.3 cm³/mol. The third-order valence-corrected chi connectivity index (χ3v) is 2.83. The fourth-order valence-electron chi connectivity index (χ4n) is 1.84. The Morgan fingerprint density at radius 1 is 1.24 bits per heavy atom. The maximum atomic E-state index is 9.62. The summed E-state index contributed by atoms with van der Waals surface area (Å²) in [5.74, 6) is 0.878. The van der Waals surface area contributed by atoms with Crippen molar-refractivity contribution in [2.24, 2.45) is 0 Å². The molecule has 0 aliphatic heterocycles. The van der Waals surface area contributed by atoms with Crippen LogP contribution in [0.15, 0.2) is 24.3 Å². The minimum atomic E-state index is -0.284. The van der Waals surface area contributed by atoms with E-state index in [9.17, 15) is 5.11 Å². The Labute approximate surface area is 103 Å². The summed E-state index contributed by atoms with van der Waals surface area (Å²) in [6, 6.07) is 8.01. The second-order valence-electron chi connectivity index (χ2n) is 4.26. The molecule has 3 heteroatoms. The number of hydrogen-bond donors (Lipinski definition) is 2. The quantitative estimate of drug-likeness (QED) is 0.729.